The molecule has 1 rings (SSSR count). The van der Waals surface area contributed by atoms with E-state index in [1.165, 1.54) is 7.05 Å². The van der Waals surface area contributed by atoms with Gasteiger partial charge >= 0.3 is 5.97 Å². The van der Waals surface area contributed by atoms with Crippen molar-refractivity contribution in [3.8, 4) is 0 Å². The van der Waals surface area contributed by atoms with E-state index in [1.54, 1.807) is 6.07 Å². The summed E-state index contributed by atoms with van der Waals surface area (Å²) in [7, 11) is -2.33. The van der Waals surface area contributed by atoms with Gasteiger partial charge in [-0.2, -0.15) is 17.4 Å². The molecule has 2 N–H and O–H groups in total. The molecule has 0 fully saturated rings. The van der Waals surface area contributed by atoms with Gasteiger partial charge in [-0.25, -0.2) is 0 Å². The number of rotatable bonds is 7. The average molecular weight is 351 g/mol. The van der Waals surface area contributed by atoms with Gasteiger partial charge in [0.05, 0.1) is 6.42 Å². The first-order valence-electron chi connectivity index (χ1n) is 5.49. The van der Waals surface area contributed by atoms with Crippen molar-refractivity contribution in [3.05, 3.63) is 34.3 Å². The first-order chi connectivity index (χ1) is 8.83. The largest absolute Gasteiger partial charge is 0.481 e. The van der Waals surface area contributed by atoms with Gasteiger partial charge < -0.3 is 5.11 Å². The van der Waals surface area contributed by atoms with Crippen LogP contribution in [0.25, 0.3) is 0 Å². The molecule has 0 bridgehead atoms. The van der Waals surface area contributed by atoms with E-state index in [0.717, 1.165) is 14.3 Å². The van der Waals surface area contributed by atoms with Crippen LogP contribution in [-0.2, 0) is 21.5 Å². The fourth-order valence-corrected chi connectivity index (χ4v) is 2.61. The summed E-state index contributed by atoms with van der Waals surface area (Å²) >= 11 is 3.32. The maximum atomic E-state index is 11.8. The number of carboxylic acid groups (broad SMARTS) is 1. The topological polar surface area (TPSA) is 86.7 Å². The number of nitrogens with one attached hydrogen (secondary N) is 1. The number of aliphatic carboxylic acids is 1. The summed E-state index contributed by atoms with van der Waals surface area (Å²) in [6, 6.07) is 7.26. The Morgan fingerprint density at radius 2 is 2.05 bits per heavy atom. The van der Waals surface area contributed by atoms with Gasteiger partial charge in [0.2, 0.25) is 0 Å². The molecule has 0 spiro atoms. The summed E-state index contributed by atoms with van der Waals surface area (Å²) in [5.74, 6) is -1.03. The molecule has 8 heteroatoms. The van der Waals surface area contributed by atoms with Crippen LogP contribution in [0.4, 0.5) is 0 Å². The zero-order valence-corrected chi connectivity index (χ0v) is 12.7. The number of carbonyl (C=O) groups is 1. The monoisotopic (exact) mass is 350 g/mol. The van der Waals surface area contributed by atoms with Crippen LogP contribution in [0.2, 0.25) is 0 Å². The van der Waals surface area contributed by atoms with Gasteiger partial charge in [0.1, 0.15) is 0 Å². The number of carboxylic acids is 1. The molecular formula is C11H15BrN2O4S. The summed E-state index contributed by atoms with van der Waals surface area (Å²) < 4.78 is 27.9. The van der Waals surface area contributed by atoms with Crippen LogP contribution in [0.15, 0.2) is 28.7 Å². The molecular weight excluding hydrogens is 336 g/mol. The second-order valence-corrected chi connectivity index (χ2v) is 6.60. The predicted octanol–water partition coefficient (Wildman–Crippen LogP) is 1.19. The number of hydrogen-bond donors (Lipinski definition) is 2. The van der Waals surface area contributed by atoms with E-state index in [0.29, 0.717) is 0 Å². The molecule has 1 aromatic rings. The lowest BCUT2D eigenvalue weighted by Crippen LogP contribution is -2.38. The first kappa shape index (κ1) is 16.1. The molecule has 19 heavy (non-hydrogen) atoms. The number of halogens is 1. The van der Waals surface area contributed by atoms with Crippen LogP contribution in [0.1, 0.15) is 12.0 Å². The smallest absolute Gasteiger partial charge is 0.304 e. The van der Waals surface area contributed by atoms with Crippen LogP contribution in [0.3, 0.4) is 0 Å². The average Bonchev–Trinajstić information content (AvgIpc) is 2.34. The Kier molecular flexibility index (Phi) is 5.92. The highest BCUT2D eigenvalue weighted by Gasteiger charge is 2.18. The molecule has 0 aliphatic heterocycles. The van der Waals surface area contributed by atoms with Crippen LogP contribution in [0.5, 0.6) is 0 Å². The third kappa shape index (κ3) is 5.27. The van der Waals surface area contributed by atoms with Crippen molar-refractivity contribution in [1.82, 2.24) is 9.03 Å². The lowest BCUT2D eigenvalue weighted by molar-refractivity contribution is -0.137. The molecule has 0 unspecified atom stereocenters. The van der Waals surface area contributed by atoms with E-state index in [9.17, 15) is 13.2 Å². The van der Waals surface area contributed by atoms with Gasteiger partial charge in [-0.05, 0) is 11.6 Å². The molecule has 1 aromatic carbocycles. The van der Waals surface area contributed by atoms with E-state index in [1.807, 2.05) is 18.2 Å². The van der Waals surface area contributed by atoms with Crippen LogP contribution in [0, 0.1) is 0 Å². The molecule has 0 saturated heterocycles. The zero-order chi connectivity index (χ0) is 14.5. The van der Waals surface area contributed by atoms with E-state index in [2.05, 4.69) is 20.7 Å². The Morgan fingerprint density at radius 1 is 1.42 bits per heavy atom. The van der Waals surface area contributed by atoms with Crippen molar-refractivity contribution >= 4 is 32.1 Å². The Morgan fingerprint density at radius 3 is 2.63 bits per heavy atom. The van der Waals surface area contributed by atoms with Gasteiger partial charge in [0, 0.05) is 24.6 Å². The normalized spacial score (nSPS) is 11.7. The molecule has 0 aromatic heterocycles. The predicted molar refractivity (Wildman–Crippen MR) is 74.8 cm³/mol. The van der Waals surface area contributed by atoms with Crippen LogP contribution in [-0.4, -0.2) is 37.4 Å². The van der Waals surface area contributed by atoms with Gasteiger partial charge in [0.15, 0.2) is 0 Å². The highest BCUT2D eigenvalue weighted by molar-refractivity contribution is 9.10. The SMILES string of the molecule is CN(CCC(=O)O)S(=O)(=O)NCc1ccccc1Br. The molecule has 0 amide bonds. The highest BCUT2D eigenvalue weighted by atomic mass is 79.9. The lowest BCUT2D eigenvalue weighted by atomic mass is 10.2. The standard InChI is InChI=1S/C11H15BrN2O4S/c1-14(7-6-11(15)16)19(17,18)13-8-9-4-2-3-5-10(9)12/h2-5,13H,6-8H2,1H3,(H,15,16). The second-order valence-electron chi connectivity index (χ2n) is 3.88. The minimum Gasteiger partial charge on any atom is -0.481 e. The Labute approximate surface area is 120 Å². The quantitative estimate of drug-likeness (QED) is 0.773. The molecule has 0 atom stereocenters. The van der Waals surface area contributed by atoms with E-state index in [4.69, 9.17) is 5.11 Å². The Hall–Kier alpha value is -0.960. The molecule has 0 heterocycles. The van der Waals surface area contributed by atoms with E-state index in [-0.39, 0.29) is 19.5 Å². The summed E-state index contributed by atoms with van der Waals surface area (Å²) in [5, 5.41) is 8.52. The van der Waals surface area contributed by atoms with E-state index >= 15 is 0 Å². The zero-order valence-electron chi connectivity index (χ0n) is 10.3. The maximum absolute atomic E-state index is 11.8. The minimum atomic E-state index is -3.67. The molecule has 0 aliphatic carbocycles. The summed E-state index contributed by atoms with van der Waals surface area (Å²) in [4.78, 5) is 10.4. The number of benzene rings is 1. The van der Waals surface area contributed by atoms with Gasteiger partial charge in [-0.1, -0.05) is 34.1 Å². The third-order valence-corrected chi connectivity index (χ3v) is 4.74. The van der Waals surface area contributed by atoms with Crippen molar-refractivity contribution in [3.63, 3.8) is 0 Å². The summed E-state index contributed by atoms with van der Waals surface area (Å²) in [6.07, 6.45) is -0.230. The highest BCUT2D eigenvalue weighted by Crippen LogP contribution is 2.15. The van der Waals surface area contributed by atoms with Crippen molar-refractivity contribution in [1.29, 1.82) is 0 Å². The van der Waals surface area contributed by atoms with Crippen LogP contribution < -0.4 is 4.72 Å². The van der Waals surface area contributed by atoms with Crippen molar-refractivity contribution in [2.24, 2.45) is 0 Å². The van der Waals surface area contributed by atoms with Gasteiger partial charge in [0.25, 0.3) is 10.2 Å². The molecule has 0 radical (unpaired) electrons. The fourth-order valence-electron chi connectivity index (χ4n) is 1.29. The molecule has 0 aliphatic rings. The summed E-state index contributed by atoms with van der Waals surface area (Å²) in [6.45, 7) is 0.0712. The molecule has 0 saturated carbocycles. The third-order valence-electron chi connectivity index (χ3n) is 2.45. The Bertz CT molecular complexity index is 547. The Balaban J connectivity index is 2.60. The van der Waals surface area contributed by atoms with Gasteiger partial charge in [-0.15, -0.1) is 0 Å². The number of nitrogens with zero attached hydrogens (tertiary/aromatic N) is 1. The maximum Gasteiger partial charge on any atom is 0.304 e. The van der Waals surface area contributed by atoms with Crippen molar-refractivity contribution in [2.45, 2.75) is 13.0 Å². The van der Waals surface area contributed by atoms with Gasteiger partial charge in [-0.3, -0.25) is 4.79 Å². The van der Waals surface area contributed by atoms with E-state index < -0.39 is 16.2 Å². The number of hydrogen-bond acceptors (Lipinski definition) is 3. The van der Waals surface area contributed by atoms with Crippen molar-refractivity contribution in [2.75, 3.05) is 13.6 Å². The minimum absolute atomic E-state index is 0.0688. The molecule has 6 nitrogen and oxygen atoms in total. The lowest BCUT2D eigenvalue weighted by Gasteiger charge is -2.17. The molecule has 106 valence electrons. The fraction of sp³-hybridized carbons (Fsp3) is 0.364. The summed E-state index contributed by atoms with van der Waals surface area (Å²) in [5.41, 5.74) is 0.803. The second kappa shape index (κ2) is 6.99. The first-order valence-corrected chi connectivity index (χ1v) is 7.72. The van der Waals surface area contributed by atoms with Crippen LogP contribution >= 0.6 is 15.9 Å². The van der Waals surface area contributed by atoms with Crippen molar-refractivity contribution < 1.29 is 18.3 Å².